The van der Waals surface area contributed by atoms with Crippen molar-refractivity contribution in [2.75, 3.05) is 30.4 Å². The molecule has 0 spiro atoms. The molecule has 0 amide bonds. The third-order valence-electron chi connectivity index (χ3n) is 5.12. The first-order valence-corrected chi connectivity index (χ1v) is 12.0. The number of nitrogens with zero attached hydrogens (tertiary/aromatic N) is 4. The highest BCUT2D eigenvalue weighted by molar-refractivity contribution is 9.10. The van der Waals surface area contributed by atoms with E-state index in [1.807, 2.05) is 30.3 Å². The minimum absolute atomic E-state index is 0.0737. The average molecular weight is 510 g/mol. The molecule has 164 valence electrons. The zero-order valence-electron chi connectivity index (χ0n) is 16.6. The van der Waals surface area contributed by atoms with Crippen molar-refractivity contribution >= 4 is 42.7 Å². The molecule has 1 aliphatic heterocycles. The Balaban J connectivity index is 1.69. The van der Waals surface area contributed by atoms with Crippen LogP contribution in [0.2, 0.25) is 0 Å². The predicted molar refractivity (Wildman–Crippen MR) is 113 cm³/mol. The number of piperazine rings is 1. The molecule has 1 aromatic heterocycles. The van der Waals surface area contributed by atoms with Crippen LogP contribution in [0.25, 0.3) is 10.8 Å². The van der Waals surface area contributed by atoms with Crippen molar-refractivity contribution in [1.82, 2.24) is 9.58 Å². The van der Waals surface area contributed by atoms with Crippen LogP contribution in [0, 0.1) is 5.41 Å². The number of fused-ring (bicyclic) bond motifs is 1. The summed E-state index contributed by atoms with van der Waals surface area (Å²) in [6.45, 7) is 1.76. The first-order valence-electron chi connectivity index (χ1n) is 9.55. The number of hydrogen-bond acceptors (Lipinski definition) is 7. The maximum atomic E-state index is 13.3. The molecule has 1 fully saturated rings. The van der Waals surface area contributed by atoms with Crippen LogP contribution in [0.3, 0.4) is 0 Å². The van der Waals surface area contributed by atoms with Gasteiger partial charge in [0.15, 0.2) is 0 Å². The molecule has 2 aromatic carbocycles. The molecule has 10 nitrogen and oxygen atoms in total. The molecular weight excluding hydrogens is 490 g/mol. The van der Waals surface area contributed by atoms with Crippen molar-refractivity contribution in [3.05, 3.63) is 52.6 Å². The van der Waals surface area contributed by atoms with Crippen molar-refractivity contribution in [3.63, 3.8) is 0 Å². The van der Waals surface area contributed by atoms with E-state index in [-0.39, 0.29) is 35.5 Å². The zero-order valence-corrected chi connectivity index (χ0v) is 19.0. The standard InChI is InChI=1S/C19H20BrN5O5S/c1-2-31(27,28)23-10-11-24(25-17(20)18(21)30-22-25)15(12-23)19(26)29-16-9-5-7-13-6-3-4-8-14(13)16/h3-9,15,21H,2,10-12H2,1H3. The molecule has 0 bridgehead atoms. The summed E-state index contributed by atoms with van der Waals surface area (Å²) in [5.41, 5.74) is -0.218. The zero-order chi connectivity index (χ0) is 22.2. The number of halogens is 1. The van der Waals surface area contributed by atoms with E-state index in [9.17, 15) is 13.2 Å². The van der Waals surface area contributed by atoms with Gasteiger partial charge in [0.05, 0.1) is 5.75 Å². The smallest absolute Gasteiger partial charge is 0.332 e. The molecule has 1 saturated heterocycles. The molecule has 3 aromatic rings. The van der Waals surface area contributed by atoms with Crippen LogP contribution in [0.1, 0.15) is 6.92 Å². The molecule has 4 rings (SSSR count). The van der Waals surface area contributed by atoms with Crippen molar-refractivity contribution in [1.29, 1.82) is 5.41 Å². The number of carbonyl (C=O) groups excluding carboxylic acids is 1. The number of carbonyl (C=O) groups is 1. The average Bonchev–Trinajstić information content (AvgIpc) is 3.11. The van der Waals surface area contributed by atoms with Gasteiger partial charge in [-0.05, 0) is 23.6 Å². The second kappa shape index (κ2) is 8.44. The van der Waals surface area contributed by atoms with E-state index in [1.165, 1.54) is 14.1 Å². The van der Waals surface area contributed by atoms with Crippen molar-refractivity contribution in [2.45, 2.75) is 13.0 Å². The van der Waals surface area contributed by atoms with Crippen LogP contribution < -0.4 is 25.4 Å². The summed E-state index contributed by atoms with van der Waals surface area (Å²) in [6, 6.07) is 11.9. The fourth-order valence-corrected chi connectivity index (χ4v) is 4.91. The lowest BCUT2D eigenvalue weighted by Gasteiger charge is -2.39. The van der Waals surface area contributed by atoms with Crippen LogP contribution in [0.4, 0.5) is 0 Å². The highest BCUT2D eigenvalue weighted by Gasteiger charge is 2.39. The van der Waals surface area contributed by atoms with E-state index in [1.54, 1.807) is 19.1 Å². The van der Waals surface area contributed by atoms with Gasteiger partial charge in [-0.25, -0.2) is 12.7 Å². The summed E-state index contributed by atoms with van der Waals surface area (Å²) in [4.78, 5) is 14.5. The topological polar surface area (TPSA) is 122 Å². The Morgan fingerprint density at radius 2 is 2.03 bits per heavy atom. The summed E-state index contributed by atoms with van der Waals surface area (Å²) < 4.78 is 37.0. The number of nitrogens with one attached hydrogen (secondary N) is 1. The predicted octanol–water partition coefficient (Wildman–Crippen LogP) is 0.497. The molecule has 0 radical (unpaired) electrons. The van der Waals surface area contributed by atoms with Gasteiger partial charge >= 0.3 is 16.1 Å². The van der Waals surface area contributed by atoms with Gasteiger partial charge in [-0.3, -0.25) is 15.2 Å². The maximum absolute atomic E-state index is 13.3. The Morgan fingerprint density at radius 3 is 2.74 bits per heavy atom. The van der Waals surface area contributed by atoms with Crippen LogP contribution in [0.15, 0.2) is 51.6 Å². The maximum Gasteiger partial charge on any atom is 0.332 e. The van der Waals surface area contributed by atoms with Crippen LogP contribution in [-0.2, 0) is 14.8 Å². The lowest BCUT2D eigenvalue weighted by molar-refractivity contribution is -0.775. The quantitative estimate of drug-likeness (QED) is 0.301. The van der Waals surface area contributed by atoms with E-state index >= 15 is 0 Å². The van der Waals surface area contributed by atoms with E-state index in [4.69, 9.17) is 14.7 Å². The van der Waals surface area contributed by atoms with E-state index < -0.39 is 22.0 Å². The van der Waals surface area contributed by atoms with Crippen LogP contribution >= 0.6 is 15.9 Å². The summed E-state index contributed by atoms with van der Waals surface area (Å²) in [5.74, 6) is -0.333. The Morgan fingerprint density at radius 1 is 1.29 bits per heavy atom. The molecular formula is C19H20BrN5O5S. The van der Waals surface area contributed by atoms with Gasteiger partial charge in [0.2, 0.25) is 10.0 Å². The number of ether oxygens (including phenoxy) is 1. The molecule has 1 atom stereocenters. The molecule has 2 heterocycles. The summed E-state index contributed by atoms with van der Waals surface area (Å²) in [6.07, 6.45) is 0. The van der Waals surface area contributed by atoms with Crippen molar-refractivity contribution in [3.8, 4) is 5.75 Å². The summed E-state index contributed by atoms with van der Waals surface area (Å²) >= 11 is 3.22. The second-order valence-electron chi connectivity index (χ2n) is 6.92. The SMILES string of the molecule is CCS(=O)(=O)N1CCN([n+]2[n-]oc(=N)c2Br)C(C(=O)Oc2cccc3ccccc23)C1. The monoisotopic (exact) mass is 509 g/mol. The van der Waals surface area contributed by atoms with E-state index in [0.717, 1.165) is 10.8 Å². The third-order valence-corrected chi connectivity index (χ3v) is 7.65. The Kier molecular flexibility index (Phi) is 5.86. The Bertz CT molecular complexity index is 1280. The number of esters is 1. The molecule has 0 saturated carbocycles. The first kappa shape index (κ1) is 21.5. The number of rotatable bonds is 5. The number of benzene rings is 2. The fraction of sp³-hybridized carbons (Fsp3) is 0.316. The number of aromatic nitrogens is 2. The third kappa shape index (κ3) is 4.10. The van der Waals surface area contributed by atoms with Gasteiger partial charge in [-0.2, -0.15) is 0 Å². The fourth-order valence-electron chi connectivity index (χ4n) is 3.47. The van der Waals surface area contributed by atoms with Gasteiger partial charge in [-0.15, -0.1) is 0 Å². The molecule has 31 heavy (non-hydrogen) atoms. The molecule has 0 aliphatic carbocycles. The largest absolute Gasteiger partial charge is 0.426 e. The molecule has 12 heteroatoms. The lowest BCUT2D eigenvalue weighted by Crippen LogP contribution is -2.74. The minimum Gasteiger partial charge on any atom is -0.426 e. The summed E-state index contributed by atoms with van der Waals surface area (Å²) in [7, 11) is -3.51. The van der Waals surface area contributed by atoms with Crippen molar-refractivity contribution in [2.24, 2.45) is 0 Å². The molecule has 1 N–H and O–H groups in total. The minimum atomic E-state index is -3.51. The van der Waals surface area contributed by atoms with Crippen LogP contribution in [0.5, 0.6) is 5.75 Å². The number of sulfonamides is 1. The van der Waals surface area contributed by atoms with Crippen molar-refractivity contribution < 1.29 is 27.3 Å². The van der Waals surface area contributed by atoms with Gasteiger partial charge in [0, 0.05) is 41.0 Å². The van der Waals surface area contributed by atoms with Gasteiger partial charge in [0.25, 0.3) is 0 Å². The second-order valence-corrected chi connectivity index (χ2v) is 9.93. The van der Waals surface area contributed by atoms with E-state index in [2.05, 4.69) is 21.2 Å². The lowest BCUT2D eigenvalue weighted by atomic mass is 10.1. The Hall–Kier alpha value is -2.70. The van der Waals surface area contributed by atoms with Gasteiger partial charge in [-0.1, -0.05) is 41.2 Å². The van der Waals surface area contributed by atoms with E-state index in [0.29, 0.717) is 5.75 Å². The highest BCUT2D eigenvalue weighted by atomic mass is 79.9. The normalized spacial score (nSPS) is 17.7. The van der Waals surface area contributed by atoms with Gasteiger partial charge < -0.3 is 9.26 Å². The first-order chi connectivity index (χ1) is 14.8. The molecule has 1 aliphatic rings. The molecule has 1 unspecified atom stereocenters. The highest BCUT2D eigenvalue weighted by Crippen LogP contribution is 2.26. The Labute approximate surface area is 186 Å². The van der Waals surface area contributed by atoms with Gasteiger partial charge in [0.1, 0.15) is 11.8 Å². The summed E-state index contributed by atoms with van der Waals surface area (Å²) in [5, 5.41) is 14.7. The number of hydrogen-bond donors (Lipinski definition) is 1. The van der Waals surface area contributed by atoms with Crippen LogP contribution in [-0.4, -0.2) is 50.1 Å².